The third kappa shape index (κ3) is 4.93. The second-order valence-electron chi connectivity index (χ2n) is 8.06. The van der Waals surface area contributed by atoms with E-state index in [-0.39, 0.29) is 5.25 Å². The molecule has 5 rings (SSSR count). The molecule has 1 aliphatic heterocycles. The molecule has 0 bridgehead atoms. The summed E-state index contributed by atoms with van der Waals surface area (Å²) in [6.07, 6.45) is 8.63. The number of aromatic nitrogens is 5. The molecule has 33 heavy (non-hydrogen) atoms. The summed E-state index contributed by atoms with van der Waals surface area (Å²) in [5.41, 5.74) is 3.55. The predicted molar refractivity (Wildman–Crippen MR) is 131 cm³/mol. The van der Waals surface area contributed by atoms with Crippen LogP contribution in [0.25, 0.3) is 21.6 Å². The molecule has 1 unspecified atom stereocenters. The summed E-state index contributed by atoms with van der Waals surface area (Å²) in [5, 5.41) is 11.5. The Morgan fingerprint density at radius 2 is 1.97 bits per heavy atom. The van der Waals surface area contributed by atoms with Crippen molar-refractivity contribution in [2.24, 2.45) is 0 Å². The van der Waals surface area contributed by atoms with Gasteiger partial charge in [0.15, 0.2) is 5.13 Å². The Kier molecular flexibility index (Phi) is 5.90. The average molecular weight is 482 g/mol. The number of nitrogens with zero attached hydrogens (tertiary/aromatic N) is 6. The predicted octanol–water partition coefficient (Wildman–Crippen LogP) is 3.69. The first kappa shape index (κ1) is 21.7. The maximum absolute atomic E-state index is 12.0. The minimum Gasteiger partial charge on any atom is -0.371 e. The standard InChI is InChI=1S/C22H23N7O2S2/c1-33(30,31)17-3-2-11-29(12-8-17)16-7-9-23-20(13-16)28-22-27-19-5-4-18(26-21(19)32-22)15-6-10-24-25-14-15/h4-7,9-10,13-14,17H,2-3,8,11-12H2,1H3,(H,23,27,28). The highest BCUT2D eigenvalue weighted by Crippen LogP contribution is 2.30. The monoisotopic (exact) mass is 481 g/mol. The van der Waals surface area contributed by atoms with E-state index in [1.807, 2.05) is 30.3 Å². The van der Waals surface area contributed by atoms with Crippen molar-refractivity contribution < 1.29 is 8.42 Å². The van der Waals surface area contributed by atoms with Crippen molar-refractivity contribution in [3.63, 3.8) is 0 Å². The summed E-state index contributed by atoms with van der Waals surface area (Å²) in [6, 6.07) is 9.68. The number of hydrogen-bond donors (Lipinski definition) is 1. The van der Waals surface area contributed by atoms with Crippen molar-refractivity contribution in [3.8, 4) is 11.3 Å². The van der Waals surface area contributed by atoms with Gasteiger partial charge in [0, 0.05) is 42.9 Å². The van der Waals surface area contributed by atoms with E-state index in [2.05, 4.69) is 30.4 Å². The number of fused-ring (bicyclic) bond motifs is 1. The maximum Gasteiger partial charge on any atom is 0.190 e. The average Bonchev–Trinajstić information content (AvgIpc) is 3.03. The fourth-order valence-electron chi connectivity index (χ4n) is 4.02. The molecular weight excluding hydrogens is 458 g/mol. The first-order chi connectivity index (χ1) is 16.0. The van der Waals surface area contributed by atoms with Gasteiger partial charge < -0.3 is 10.2 Å². The molecule has 1 atom stereocenters. The molecule has 4 aromatic heterocycles. The van der Waals surface area contributed by atoms with E-state index in [0.717, 1.165) is 40.3 Å². The molecule has 0 saturated carbocycles. The first-order valence-corrected chi connectivity index (χ1v) is 13.4. The van der Waals surface area contributed by atoms with Crippen LogP contribution in [0.15, 0.2) is 48.9 Å². The van der Waals surface area contributed by atoms with E-state index < -0.39 is 9.84 Å². The minimum atomic E-state index is -3.01. The van der Waals surface area contributed by atoms with Gasteiger partial charge in [-0.05, 0) is 43.5 Å². The van der Waals surface area contributed by atoms with Gasteiger partial charge in [-0.1, -0.05) is 11.3 Å². The number of hydrogen-bond acceptors (Lipinski definition) is 10. The second kappa shape index (κ2) is 8.99. The lowest BCUT2D eigenvalue weighted by atomic mass is 10.2. The molecule has 0 amide bonds. The molecule has 1 aliphatic rings. The van der Waals surface area contributed by atoms with E-state index in [4.69, 9.17) is 4.98 Å². The van der Waals surface area contributed by atoms with Crippen molar-refractivity contribution in [2.75, 3.05) is 29.6 Å². The Hall–Kier alpha value is -3.18. The van der Waals surface area contributed by atoms with Crippen molar-refractivity contribution >= 4 is 48.2 Å². The molecule has 1 saturated heterocycles. The molecule has 0 spiro atoms. The van der Waals surface area contributed by atoms with Gasteiger partial charge in [0.25, 0.3) is 0 Å². The fourth-order valence-corrected chi connectivity index (χ4v) is 5.99. The second-order valence-corrected chi connectivity index (χ2v) is 11.4. The SMILES string of the molecule is CS(=O)(=O)C1CCCN(c2ccnc(Nc3nc4ccc(-c5ccnnc5)nc4s3)c2)CC1. The van der Waals surface area contributed by atoms with Crippen LogP contribution in [-0.4, -0.2) is 58.2 Å². The summed E-state index contributed by atoms with van der Waals surface area (Å²) in [5.74, 6) is 0.689. The Balaban J connectivity index is 1.33. The normalized spacial score (nSPS) is 17.1. The van der Waals surface area contributed by atoms with E-state index in [0.29, 0.717) is 30.3 Å². The van der Waals surface area contributed by atoms with Gasteiger partial charge in [0.2, 0.25) is 0 Å². The third-order valence-electron chi connectivity index (χ3n) is 5.76. The summed E-state index contributed by atoms with van der Waals surface area (Å²) in [7, 11) is -3.01. The van der Waals surface area contributed by atoms with Crippen molar-refractivity contribution in [2.45, 2.75) is 24.5 Å². The number of nitrogens with one attached hydrogen (secondary N) is 1. The molecule has 4 aromatic rings. The van der Waals surface area contributed by atoms with E-state index >= 15 is 0 Å². The van der Waals surface area contributed by atoms with Crippen LogP contribution in [0.3, 0.4) is 0 Å². The Labute approximate surface area is 195 Å². The lowest BCUT2D eigenvalue weighted by molar-refractivity contribution is 0.573. The summed E-state index contributed by atoms with van der Waals surface area (Å²) >= 11 is 1.46. The smallest absolute Gasteiger partial charge is 0.190 e. The van der Waals surface area contributed by atoms with Gasteiger partial charge in [-0.25, -0.2) is 23.4 Å². The van der Waals surface area contributed by atoms with Gasteiger partial charge in [-0.15, -0.1) is 0 Å². The van der Waals surface area contributed by atoms with Gasteiger partial charge >= 0.3 is 0 Å². The van der Waals surface area contributed by atoms with Crippen molar-refractivity contribution in [1.29, 1.82) is 0 Å². The van der Waals surface area contributed by atoms with Crippen LogP contribution in [0.2, 0.25) is 0 Å². The van der Waals surface area contributed by atoms with Crippen LogP contribution in [0, 0.1) is 0 Å². The summed E-state index contributed by atoms with van der Waals surface area (Å²) < 4.78 is 23.9. The van der Waals surface area contributed by atoms with Crippen LogP contribution in [-0.2, 0) is 9.84 Å². The first-order valence-electron chi connectivity index (χ1n) is 10.7. The molecule has 9 nitrogen and oxygen atoms in total. The molecule has 0 radical (unpaired) electrons. The lowest BCUT2D eigenvalue weighted by Crippen LogP contribution is -2.26. The van der Waals surface area contributed by atoms with Crippen LogP contribution in [0.4, 0.5) is 16.6 Å². The van der Waals surface area contributed by atoms with E-state index in [1.54, 1.807) is 18.6 Å². The molecule has 170 valence electrons. The number of thiazole rings is 1. The van der Waals surface area contributed by atoms with E-state index in [1.165, 1.54) is 17.6 Å². The van der Waals surface area contributed by atoms with Gasteiger partial charge in [-0.3, -0.25) is 0 Å². The molecular formula is C22H23N7O2S2. The van der Waals surface area contributed by atoms with Crippen LogP contribution in [0.5, 0.6) is 0 Å². The highest BCUT2D eigenvalue weighted by Gasteiger charge is 2.24. The quantitative estimate of drug-likeness (QED) is 0.456. The zero-order valence-electron chi connectivity index (χ0n) is 18.0. The number of pyridine rings is 2. The molecule has 1 fully saturated rings. The van der Waals surface area contributed by atoms with Gasteiger partial charge in [0.1, 0.15) is 26.0 Å². The number of anilines is 3. The maximum atomic E-state index is 12.0. The van der Waals surface area contributed by atoms with Gasteiger partial charge in [-0.2, -0.15) is 10.2 Å². The largest absolute Gasteiger partial charge is 0.371 e. The van der Waals surface area contributed by atoms with Crippen molar-refractivity contribution in [1.82, 2.24) is 25.1 Å². The zero-order valence-corrected chi connectivity index (χ0v) is 19.7. The summed E-state index contributed by atoms with van der Waals surface area (Å²) in [4.78, 5) is 16.8. The molecule has 11 heteroatoms. The van der Waals surface area contributed by atoms with Crippen LogP contribution in [0.1, 0.15) is 19.3 Å². The summed E-state index contributed by atoms with van der Waals surface area (Å²) in [6.45, 7) is 1.53. The molecule has 5 heterocycles. The van der Waals surface area contributed by atoms with E-state index in [9.17, 15) is 8.42 Å². The zero-order chi connectivity index (χ0) is 22.8. The minimum absolute atomic E-state index is 0.259. The van der Waals surface area contributed by atoms with Crippen molar-refractivity contribution in [3.05, 3.63) is 48.9 Å². The highest BCUT2D eigenvalue weighted by molar-refractivity contribution is 7.91. The topological polar surface area (TPSA) is 114 Å². The van der Waals surface area contributed by atoms with Crippen LogP contribution >= 0.6 is 11.3 Å². The Bertz CT molecular complexity index is 1380. The fraction of sp³-hybridized carbons (Fsp3) is 0.318. The molecule has 1 N–H and O–H groups in total. The third-order valence-corrected chi connectivity index (χ3v) is 8.32. The van der Waals surface area contributed by atoms with Gasteiger partial charge in [0.05, 0.1) is 23.3 Å². The highest BCUT2D eigenvalue weighted by atomic mass is 32.2. The number of rotatable bonds is 5. The Morgan fingerprint density at radius 1 is 1.06 bits per heavy atom. The molecule has 0 aliphatic carbocycles. The lowest BCUT2D eigenvalue weighted by Gasteiger charge is -2.23. The molecule has 0 aromatic carbocycles. The number of sulfone groups is 1. The Morgan fingerprint density at radius 3 is 2.79 bits per heavy atom. The van der Waals surface area contributed by atoms with Crippen LogP contribution < -0.4 is 10.2 Å².